The number of carboxylic acid groups (broad SMARTS) is 1. The molecule has 3 rings (SSSR count). The van der Waals surface area contributed by atoms with Gasteiger partial charge in [-0.2, -0.15) is 0 Å². The lowest BCUT2D eigenvalue weighted by Crippen LogP contribution is -2.24. The summed E-state index contributed by atoms with van der Waals surface area (Å²) in [6.07, 6.45) is 3.37. The van der Waals surface area contributed by atoms with Crippen molar-refractivity contribution in [2.45, 2.75) is 16.6 Å². The maximum atomic E-state index is 12.3. The summed E-state index contributed by atoms with van der Waals surface area (Å²) in [7, 11) is 0. The SMILES string of the molecule is O=C(O)c1cncc(NC(=O)C2Cc3ccccc3S2)c1. The molecule has 0 saturated carbocycles. The van der Waals surface area contributed by atoms with Crippen molar-refractivity contribution in [2.75, 3.05) is 5.32 Å². The van der Waals surface area contributed by atoms with E-state index in [9.17, 15) is 9.59 Å². The number of nitrogens with zero attached hydrogens (tertiary/aromatic N) is 1. The van der Waals surface area contributed by atoms with Gasteiger partial charge in [-0.05, 0) is 24.1 Å². The van der Waals surface area contributed by atoms with Crippen molar-refractivity contribution in [3.8, 4) is 0 Å². The minimum Gasteiger partial charge on any atom is -0.478 e. The van der Waals surface area contributed by atoms with Crippen LogP contribution in [0.5, 0.6) is 0 Å². The van der Waals surface area contributed by atoms with Crippen molar-refractivity contribution in [3.63, 3.8) is 0 Å². The number of amides is 1. The molecule has 1 aliphatic heterocycles. The van der Waals surface area contributed by atoms with Crippen molar-refractivity contribution < 1.29 is 14.7 Å². The molecule has 0 aliphatic carbocycles. The predicted molar refractivity (Wildman–Crippen MR) is 79.6 cm³/mol. The predicted octanol–water partition coefficient (Wildman–Crippen LogP) is 2.44. The molecule has 0 spiro atoms. The Morgan fingerprint density at radius 2 is 2.10 bits per heavy atom. The molecule has 6 heteroatoms. The quantitative estimate of drug-likeness (QED) is 0.910. The molecule has 0 radical (unpaired) electrons. The summed E-state index contributed by atoms with van der Waals surface area (Å²) in [5.41, 5.74) is 1.62. The number of benzene rings is 1. The molecule has 0 bridgehead atoms. The first-order valence-corrected chi connectivity index (χ1v) is 7.25. The van der Waals surface area contributed by atoms with Gasteiger partial charge in [-0.15, -0.1) is 11.8 Å². The van der Waals surface area contributed by atoms with E-state index < -0.39 is 5.97 Å². The van der Waals surface area contributed by atoms with E-state index in [1.165, 1.54) is 35.8 Å². The third-order valence-electron chi connectivity index (χ3n) is 3.19. The van der Waals surface area contributed by atoms with Gasteiger partial charge in [0.05, 0.1) is 22.7 Å². The third kappa shape index (κ3) is 2.90. The summed E-state index contributed by atoms with van der Waals surface area (Å²) >= 11 is 1.53. The van der Waals surface area contributed by atoms with Gasteiger partial charge in [0, 0.05) is 11.1 Å². The lowest BCUT2D eigenvalue weighted by atomic mass is 10.1. The van der Waals surface area contributed by atoms with Crippen molar-refractivity contribution in [3.05, 3.63) is 53.9 Å². The van der Waals surface area contributed by atoms with Gasteiger partial charge in [0.1, 0.15) is 0 Å². The van der Waals surface area contributed by atoms with Crippen LogP contribution < -0.4 is 5.32 Å². The van der Waals surface area contributed by atoms with E-state index in [1.807, 2.05) is 24.3 Å². The maximum Gasteiger partial charge on any atom is 0.337 e. The highest BCUT2D eigenvalue weighted by molar-refractivity contribution is 8.01. The molecule has 21 heavy (non-hydrogen) atoms. The molecule has 1 aromatic carbocycles. The Balaban J connectivity index is 1.71. The van der Waals surface area contributed by atoms with Gasteiger partial charge in [0.15, 0.2) is 0 Å². The topological polar surface area (TPSA) is 79.3 Å². The van der Waals surface area contributed by atoms with Gasteiger partial charge in [0.2, 0.25) is 5.91 Å². The number of thioether (sulfide) groups is 1. The normalized spacial score (nSPS) is 16.3. The van der Waals surface area contributed by atoms with Gasteiger partial charge in [-0.25, -0.2) is 4.79 Å². The average molecular weight is 300 g/mol. The van der Waals surface area contributed by atoms with Crippen LogP contribution in [0.3, 0.4) is 0 Å². The van der Waals surface area contributed by atoms with Crippen LogP contribution in [0.2, 0.25) is 0 Å². The standard InChI is InChI=1S/C15H12N2O3S/c18-14(13-6-9-3-1-2-4-12(9)21-13)17-11-5-10(15(19)20)7-16-8-11/h1-5,7-8,13H,6H2,(H,17,18)(H,19,20). The molecule has 1 atom stereocenters. The van der Waals surface area contributed by atoms with Gasteiger partial charge in [0.25, 0.3) is 0 Å². The van der Waals surface area contributed by atoms with Gasteiger partial charge in [-0.1, -0.05) is 18.2 Å². The molecule has 0 saturated heterocycles. The second-order valence-corrected chi connectivity index (χ2v) is 5.92. The number of aromatic nitrogens is 1. The molecule has 1 aliphatic rings. The van der Waals surface area contributed by atoms with Crippen molar-refractivity contribution in [1.29, 1.82) is 0 Å². The summed E-state index contributed by atoms with van der Waals surface area (Å²) in [4.78, 5) is 28.1. The third-order valence-corrected chi connectivity index (χ3v) is 4.51. The molecule has 2 N–H and O–H groups in total. The smallest absolute Gasteiger partial charge is 0.337 e. The molecule has 2 aromatic rings. The Hall–Kier alpha value is -2.34. The summed E-state index contributed by atoms with van der Waals surface area (Å²) in [5, 5.41) is 11.4. The zero-order valence-corrected chi connectivity index (χ0v) is 11.8. The lowest BCUT2D eigenvalue weighted by Gasteiger charge is -2.10. The van der Waals surface area contributed by atoms with Crippen LogP contribution in [-0.2, 0) is 11.2 Å². The summed E-state index contributed by atoms with van der Waals surface area (Å²) < 4.78 is 0. The van der Waals surface area contributed by atoms with Gasteiger partial charge in [-0.3, -0.25) is 9.78 Å². The molecule has 1 unspecified atom stereocenters. The van der Waals surface area contributed by atoms with Crippen LogP contribution >= 0.6 is 11.8 Å². The van der Waals surface area contributed by atoms with Crippen molar-refractivity contribution >= 4 is 29.3 Å². The van der Waals surface area contributed by atoms with Gasteiger partial charge >= 0.3 is 5.97 Å². The van der Waals surface area contributed by atoms with E-state index in [0.29, 0.717) is 12.1 Å². The Morgan fingerprint density at radius 3 is 2.86 bits per heavy atom. The first-order valence-electron chi connectivity index (χ1n) is 6.37. The molecule has 0 fully saturated rings. The first-order chi connectivity index (χ1) is 10.1. The van der Waals surface area contributed by atoms with Gasteiger partial charge < -0.3 is 10.4 Å². The number of rotatable bonds is 3. The van der Waals surface area contributed by atoms with Crippen LogP contribution in [0.4, 0.5) is 5.69 Å². The number of anilines is 1. The van der Waals surface area contributed by atoms with E-state index >= 15 is 0 Å². The Bertz CT molecular complexity index is 693. The largest absolute Gasteiger partial charge is 0.478 e. The van der Waals surface area contributed by atoms with E-state index in [-0.39, 0.29) is 16.7 Å². The lowest BCUT2D eigenvalue weighted by molar-refractivity contribution is -0.115. The number of hydrogen-bond donors (Lipinski definition) is 2. The zero-order valence-electron chi connectivity index (χ0n) is 10.9. The van der Waals surface area contributed by atoms with Crippen molar-refractivity contribution in [1.82, 2.24) is 4.98 Å². The Kier molecular flexibility index (Phi) is 3.62. The fourth-order valence-corrected chi connectivity index (χ4v) is 3.37. The number of fused-ring (bicyclic) bond motifs is 1. The second-order valence-electron chi connectivity index (χ2n) is 4.68. The number of nitrogens with one attached hydrogen (secondary N) is 1. The highest BCUT2D eigenvalue weighted by Crippen LogP contribution is 2.37. The first kappa shape index (κ1) is 13.6. The second kappa shape index (κ2) is 5.57. The van der Waals surface area contributed by atoms with E-state index in [1.54, 1.807) is 0 Å². The molecular formula is C15H12N2O3S. The number of aromatic carboxylic acids is 1. The van der Waals surface area contributed by atoms with Crippen LogP contribution in [0, 0.1) is 0 Å². The fourth-order valence-electron chi connectivity index (χ4n) is 2.18. The summed E-state index contributed by atoms with van der Waals surface area (Å²) in [6.45, 7) is 0. The highest BCUT2D eigenvalue weighted by atomic mass is 32.2. The maximum absolute atomic E-state index is 12.3. The minimum atomic E-state index is -1.07. The highest BCUT2D eigenvalue weighted by Gasteiger charge is 2.28. The molecular weight excluding hydrogens is 288 g/mol. The summed E-state index contributed by atoms with van der Waals surface area (Å²) in [6, 6.07) is 9.33. The Morgan fingerprint density at radius 1 is 1.29 bits per heavy atom. The van der Waals surface area contributed by atoms with Crippen LogP contribution in [-0.4, -0.2) is 27.2 Å². The number of carbonyl (C=O) groups excluding carboxylic acids is 1. The van der Waals surface area contributed by atoms with Crippen LogP contribution in [0.25, 0.3) is 0 Å². The van der Waals surface area contributed by atoms with Crippen LogP contribution in [0.15, 0.2) is 47.6 Å². The van der Waals surface area contributed by atoms with E-state index in [4.69, 9.17) is 5.11 Å². The molecule has 1 aromatic heterocycles. The number of hydrogen-bond acceptors (Lipinski definition) is 4. The molecule has 5 nitrogen and oxygen atoms in total. The summed E-state index contributed by atoms with van der Waals surface area (Å²) in [5.74, 6) is -1.21. The van der Waals surface area contributed by atoms with E-state index in [0.717, 1.165) is 4.90 Å². The molecule has 2 heterocycles. The fraction of sp³-hybridized carbons (Fsp3) is 0.133. The van der Waals surface area contributed by atoms with E-state index in [2.05, 4.69) is 10.3 Å². The molecule has 1 amide bonds. The average Bonchev–Trinajstić information content (AvgIpc) is 2.91. The van der Waals surface area contributed by atoms with Crippen molar-refractivity contribution in [2.24, 2.45) is 0 Å². The number of carboxylic acids is 1. The number of carbonyl (C=O) groups is 2. The van der Waals surface area contributed by atoms with Crippen LogP contribution in [0.1, 0.15) is 15.9 Å². The minimum absolute atomic E-state index is 0.0511. The number of pyridine rings is 1. The Labute approximate surface area is 125 Å². The zero-order chi connectivity index (χ0) is 14.8. The molecule has 106 valence electrons. The monoisotopic (exact) mass is 300 g/mol.